The number of imidazole rings is 1. The number of rotatable bonds is 4. The van der Waals surface area contributed by atoms with Crippen LogP contribution in [0.3, 0.4) is 0 Å². The van der Waals surface area contributed by atoms with Crippen LogP contribution in [0, 0.1) is 0 Å². The van der Waals surface area contributed by atoms with E-state index in [9.17, 15) is 0 Å². The number of H-pyrrole nitrogens is 1. The van der Waals surface area contributed by atoms with Gasteiger partial charge in [-0.1, -0.05) is 54.6 Å². The lowest BCUT2D eigenvalue weighted by molar-refractivity contribution is 0.386. The molecule has 5 rings (SSSR count). The molecule has 1 N–H and O–H groups in total. The monoisotopic (exact) mass is 369 g/mol. The van der Waals surface area contributed by atoms with Crippen molar-refractivity contribution in [2.75, 3.05) is 14.1 Å². The highest BCUT2D eigenvalue weighted by Crippen LogP contribution is 2.25. The molecule has 0 radical (unpaired) electrons. The van der Waals surface area contributed by atoms with Crippen molar-refractivity contribution in [1.29, 1.82) is 0 Å². The van der Waals surface area contributed by atoms with Crippen LogP contribution in [0.1, 0.15) is 5.82 Å². The third-order valence-electron chi connectivity index (χ3n) is 4.64. The number of aromatic nitrogens is 6. The average molecular weight is 369 g/mol. The van der Waals surface area contributed by atoms with Gasteiger partial charge in [0, 0.05) is 5.56 Å². The summed E-state index contributed by atoms with van der Waals surface area (Å²) < 4.78 is 1.81. The average Bonchev–Trinajstić information content (AvgIpc) is 3.35. The van der Waals surface area contributed by atoms with Gasteiger partial charge in [-0.2, -0.15) is 4.52 Å². The van der Waals surface area contributed by atoms with Crippen molar-refractivity contribution in [2.45, 2.75) is 6.54 Å². The minimum absolute atomic E-state index is 0.648. The molecule has 0 saturated carbocycles. The minimum Gasteiger partial charge on any atom is -0.340 e. The molecule has 0 amide bonds. The Morgan fingerprint density at radius 3 is 2.36 bits per heavy atom. The predicted octanol–water partition coefficient (Wildman–Crippen LogP) is 3.40. The van der Waals surface area contributed by atoms with Crippen LogP contribution in [0.15, 0.2) is 60.9 Å². The van der Waals surface area contributed by atoms with Crippen molar-refractivity contribution >= 4 is 16.8 Å². The molecule has 0 aliphatic rings. The summed E-state index contributed by atoms with van der Waals surface area (Å²) in [6, 6.07) is 18.6. The molecular formula is C21H19N7. The molecule has 0 unspecified atom stereocenters. The molecule has 138 valence electrons. The van der Waals surface area contributed by atoms with E-state index in [1.807, 2.05) is 32.3 Å². The van der Waals surface area contributed by atoms with Gasteiger partial charge in [0.05, 0.1) is 12.9 Å². The summed E-state index contributed by atoms with van der Waals surface area (Å²) >= 11 is 0. The number of nitrogens with zero attached hydrogens (tertiary/aromatic N) is 6. The highest BCUT2D eigenvalue weighted by Gasteiger charge is 2.16. The first kappa shape index (κ1) is 16.6. The van der Waals surface area contributed by atoms with Crippen LogP contribution >= 0.6 is 0 Å². The van der Waals surface area contributed by atoms with Crippen molar-refractivity contribution in [2.24, 2.45) is 0 Å². The maximum Gasteiger partial charge on any atom is 0.185 e. The lowest BCUT2D eigenvalue weighted by Crippen LogP contribution is -2.16. The molecule has 0 fully saturated rings. The van der Waals surface area contributed by atoms with E-state index in [1.54, 1.807) is 10.8 Å². The van der Waals surface area contributed by atoms with Gasteiger partial charge in [0.25, 0.3) is 0 Å². The summed E-state index contributed by atoms with van der Waals surface area (Å²) in [5.74, 6) is 1.47. The van der Waals surface area contributed by atoms with E-state index in [0.29, 0.717) is 18.0 Å². The Morgan fingerprint density at radius 1 is 0.893 bits per heavy atom. The molecule has 0 aliphatic carbocycles. The van der Waals surface area contributed by atoms with Crippen molar-refractivity contribution in [1.82, 2.24) is 34.4 Å². The van der Waals surface area contributed by atoms with Gasteiger partial charge in [0.1, 0.15) is 11.3 Å². The molecule has 3 heterocycles. The predicted molar refractivity (Wildman–Crippen MR) is 109 cm³/mol. The van der Waals surface area contributed by atoms with E-state index in [-0.39, 0.29) is 0 Å². The SMILES string of the molecule is CN(C)Cc1nc2nc[nH]c2c2nc(-c3ccc(-c4ccccc4)cc3)nn12. The highest BCUT2D eigenvalue weighted by atomic mass is 15.3. The fourth-order valence-corrected chi connectivity index (χ4v) is 3.31. The molecule has 28 heavy (non-hydrogen) atoms. The number of hydrogen-bond acceptors (Lipinski definition) is 5. The van der Waals surface area contributed by atoms with E-state index >= 15 is 0 Å². The zero-order chi connectivity index (χ0) is 19.1. The first-order valence-corrected chi connectivity index (χ1v) is 9.08. The quantitative estimate of drug-likeness (QED) is 0.525. The zero-order valence-electron chi connectivity index (χ0n) is 15.7. The molecular weight excluding hydrogens is 350 g/mol. The smallest absolute Gasteiger partial charge is 0.185 e. The van der Waals surface area contributed by atoms with Gasteiger partial charge in [-0.05, 0) is 25.2 Å². The Hall–Kier alpha value is -3.58. The summed E-state index contributed by atoms with van der Waals surface area (Å²) in [4.78, 5) is 18.9. The standard InChI is InChI=1S/C21H19N7/c1-27(2)12-17-24-20-18(22-13-23-20)21-25-19(26-28(17)21)16-10-8-15(9-11-16)14-6-4-3-5-7-14/h3-11,13H,12H2,1-2H3,(H,22,23). The second-order valence-corrected chi connectivity index (χ2v) is 6.98. The lowest BCUT2D eigenvalue weighted by Gasteiger charge is -2.09. The van der Waals surface area contributed by atoms with Crippen molar-refractivity contribution in [3.63, 3.8) is 0 Å². The van der Waals surface area contributed by atoms with Gasteiger partial charge in [-0.25, -0.2) is 15.0 Å². The summed E-state index contributed by atoms with van der Waals surface area (Å²) in [5, 5.41) is 4.74. The molecule has 7 nitrogen and oxygen atoms in total. The molecule has 0 saturated heterocycles. The Bertz CT molecular complexity index is 1250. The van der Waals surface area contributed by atoms with Crippen LogP contribution in [-0.4, -0.2) is 48.5 Å². The molecule has 0 spiro atoms. The minimum atomic E-state index is 0.648. The summed E-state index contributed by atoms with van der Waals surface area (Å²) in [6.45, 7) is 0.648. The van der Waals surface area contributed by atoms with E-state index in [0.717, 1.165) is 22.6 Å². The largest absolute Gasteiger partial charge is 0.340 e. The van der Waals surface area contributed by atoms with E-state index in [4.69, 9.17) is 10.1 Å². The lowest BCUT2D eigenvalue weighted by atomic mass is 10.0. The molecule has 0 aliphatic heterocycles. The van der Waals surface area contributed by atoms with Gasteiger partial charge >= 0.3 is 0 Å². The van der Waals surface area contributed by atoms with Gasteiger partial charge in [-0.15, -0.1) is 5.10 Å². The van der Waals surface area contributed by atoms with E-state index in [1.165, 1.54) is 11.1 Å². The van der Waals surface area contributed by atoms with Crippen molar-refractivity contribution in [3.8, 4) is 22.5 Å². The fourth-order valence-electron chi connectivity index (χ4n) is 3.31. The topological polar surface area (TPSA) is 75.0 Å². The van der Waals surface area contributed by atoms with E-state index in [2.05, 4.69) is 56.3 Å². The number of aromatic amines is 1. The normalized spacial score (nSPS) is 11.7. The van der Waals surface area contributed by atoms with Crippen LogP contribution in [0.2, 0.25) is 0 Å². The first-order chi connectivity index (χ1) is 13.7. The zero-order valence-corrected chi connectivity index (χ0v) is 15.7. The Morgan fingerprint density at radius 2 is 1.61 bits per heavy atom. The van der Waals surface area contributed by atoms with Crippen LogP contribution in [0.5, 0.6) is 0 Å². The van der Waals surface area contributed by atoms with Crippen LogP contribution in [-0.2, 0) is 6.54 Å². The third kappa shape index (κ3) is 2.82. The molecule has 0 atom stereocenters. The molecule has 7 heteroatoms. The van der Waals surface area contributed by atoms with Gasteiger partial charge in [0.2, 0.25) is 0 Å². The Labute approximate surface area is 161 Å². The second-order valence-electron chi connectivity index (χ2n) is 6.98. The number of nitrogens with one attached hydrogen (secondary N) is 1. The van der Waals surface area contributed by atoms with Gasteiger partial charge < -0.3 is 9.88 Å². The molecule has 3 aromatic heterocycles. The number of fused-ring (bicyclic) bond motifs is 3. The third-order valence-corrected chi connectivity index (χ3v) is 4.64. The van der Waals surface area contributed by atoms with E-state index < -0.39 is 0 Å². The maximum atomic E-state index is 4.78. The van der Waals surface area contributed by atoms with Crippen molar-refractivity contribution in [3.05, 3.63) is 66.7 Å². The summed E-state index contributed by atoms with van der Waals surface area (Å²) in [6.07, 6.45) is 1.64. The second kappa shape index (κ2) is 6.54. The van der Waals surface area contributed by atoms with Crippen molar-refractivity contribution < 1.29 is 0 Å². The number of hydrogen-bond donors (Lipinski definition) is 1. The molecule has 5 aromatic rings. The Kier molecular flexibility index (Phi) is 3.87. The van der Waals surface area contributed by atoms with Crippen LogP contribution < -0.4 is 0 Å². The fraction of sp³-hybridized carbons (Fsp3) is 0.143. The van der Waals surface area contributed by atoms with Gasteiger partial charge in [-0.3, -0.25) is 0 Å². The van der Waals surface area contributed by atoms with Crippen LogP contribution in [0.25, 0.3) is 39.3 Å². The highest BCUT2D eigenvalue weighted by molar-refractivity contribution is 5.85. The number of benzene rings is 2. The molecule has 0 bridgehead atoms. The first-order valence-electron chi connectivity index (χ1n) is 9.08. The Balaban J connectivity index is 1.61. The van der Waals surface area contributed by atoms with Crippen LogP contribution in [0.4, 0.5) is 0 Å². The maximum absolute atomic E-state index is 4.78. The molecule has 2 aromatic carbocycles. The van der Waals surface area contributed by atoms with Gasteiger partial charge in [0.15, 0.2) is 17.1 Å². The summed E-state index contributed by atoms with van der Waals surface area (Å²) in [7, 11) is 4.00. The summed E-state index contributed by atoms with van der Waals surface area (Å²) in [5.41, 5.74) is 5.51.